The number of carbonyl (C=O) groups is 1. The number of hydrogen-bond donors (Lipinski definition) is 0. The minimum atomic E-state index is -4.92. The van der Waals surface area contributed by atoms with Gasteiger partial charge in [0.1, 0.15) is 29.7 Å². The Kier molecular flexibility index (Phi) is 7.13. The van der Waals surface area contributed by atoms with E-state index in [0.717, 1.165) is 19.4 Å². The van der Waals surface area contributed by atoms with Gasteiger partial charge in [0.05, 0.1) is 39.1 Å². The third-order valence-electron chi connectivity index (χ3n) is 9.99. The molecule has 0 spiro atoms. The summed E-state index contributed by atoms with van der Waals surface area (Å²) in [5.41, 5.74) is -2.88. The van der Waals surface area contributed by atoms with E-state index < -0.39 is 57.5 Å². The van der Waals surface area contributed by atoms with Crippen LogP contribution in [-0.2, 0) is 10.9 Å². The molecule has 1 aromatic carbocycles. The second-order valence-electron chi connectivity index (χ2n) is 14.0. The fourth-order valence-corrected chi connectivity index (χ4v) is 8.90. The van der Waals surface area contributed by atoms with Crippen molar-refractivity contribution in [1.82, 2.24) is 19.8 Å². The Morgan fingerprint density at radius 1 is 1.16 bits per heavy atom. The average molecular weight is 701 g/mol. The first kappa shape index (κ1) is 30.9. The molecule has 4 fully saturated rings. The quantitative estimate of drug-likeness (QED) is 0.324. The number of halogens is 6. The molecule has 0 unspecified atom stereocenters. The molecule has 6 heterocycles. The molecule has 14 heteroatoms. The van der Waals surface area contributed by atoms with Gasteiger partial charge in [-0.05, 0) is 80.9 Å². The lowest BCUT2D eigenvalue weighted by atomic mass is 9.90. The maximum absolute atomic E-state index is 16.0. The Hall–Kier alpha value is -2.74. The van der Waals surface area contributed by atoms with Crippen LogP contribution in [0.4, 0.5) is 32.6 Å². The normalized spacial score (nSPS) is 29.7. The molecule has 5 atom stereocenters. The molecule has 7 rings (SSSR count). The third-order valence-corrected chi connectivity index (χ3v) is 10.7. The molecule has 2 aromatic rings. The number of benzene rings is 1. The molecule has 5 aliphatic rings. The van der Waals surface area contributed by atoms with Crippen LogP contribution in [0.5, 0.6) is 6.01 Å². The second kappa shape index (κ2) is 10.4. The van der Waals surface area contributed by atoms with Crippen LogP contribution < -0.4 is 9.64 Å². The molecule has 0 radical (unpaired) electrons. The summed E-state index contributed by atoms with van der Waals surface area (Å²) in [6.45, 7) is 10.8. The van der Waals surface area contributed by atoms with Gasteiger partial charge in [-0.1, -0.05) is 6.58 Å². The first-order chi connectivity index (χ1) is 21.1. The first-order valence-corrected chi connectivity index (χ1v) is 16.2. The Bertz CT molecular complexity index is 1600. The SMILES string of the molecule is C=C1C[C@@H]2[C@@H]3CC[C@H](CN2c2nc(OC[C@@]45CCCN4C[C@H](F)C5)nc4c(F)c(Br)c(C(F)(F)F)c1c24)N3C(=O)OC(C)(C)C. The smallest absolute Gasteiger partial charge is 0.418 e. The standard InChI is InChI=1S/C31H35BrF5N5O3/c1-15-10-19-18-7-6-17(42(18)28(43)45-29(2,3)4)13-41(19)26-21-20(15)22(31(35,36)37)23(32)24(34)25(21)38-27(39-26)44-14-30-8-5-9-40(30)12-16(33)11-30/h16-19H,1,5-14H2,2-4H3/t16-,17-,18+,19-,30+/m1/s1. The van der Waals surface area contributed by atoms with E-state index in [0.29, 0.717) is 25.8 Å². The minimum Gasteiger partial charge on any atom is -0.461 e. The zero-order chi connectivity index (χ0) is 32.2. The maximum atomic E-state index is 16.0. The number of rotatable bonds is 3. The van der Waals surface area contributed by atoms with E-state index >= 15 is 4.39 Å². The van der Waals surface area contributed by atoms with E-state index in [1.54, 1.807) is 25.7 Å². The number of anilines is 1. The van der Waals surface area contributed by atoms with Gasteiger partial charge >= 0.3 is 18.3 Å². The molecule has 0 aliphatic carbocycles. The van der Waals surface area contributed by atoms with Crippen LogP contribution in [0, 0.1) is 5.82 Å². The van der Waals surface area contributed by atoms with Crippen molar-refractivity contribution in [2.24, 2.45) is 0 Å². The number of ether oxygens (including phenoxy) is 2. The summed E-state index contributed by atoms with van der Waals surface area (Å²) in [6.07, 6.45) is -3.12. The Morgan fingerprint density at radius 3 is 2.62 bits per heavy atom. The predicted octanol–water partition coefficient (Wildman–Crippen LogP) is 6.88. The summed E-state index contributed by atoms with van der Waals surface area (Å²) in [7, 11) is 0. The summed E-state index contributed by atoms with van der Waals surface area (Å²) in [5, 5.41) is -0.0849. The van der Waals surface area contributed by atoms with Crippen molar-refractivity contribution in [3.63, 3.8) is 0 Å². The molecule has 0 N–H and O–H groups in total. The number of carbonyl (C=O) groups excluding carboxylic acids is 1. The van der Waals surface area contributed by atoms with Crippen molar-refractivity contribution in [3.8, 4) is 6.01 Å². The number of fused-ring (bicyclic) bond motifs is 6. The topological polar surface area (TPSA) is 71.0 Å². The minimum absolute atomic E-state index is 0.0719. The summed E-state index contributed by atoms with van der Waals surface area (Å²) in [4.78, 5) is 28.0. The summed E-state index contributed by atoms with van der Waals surface area (Å²) < 4.78 is 85.4. The molecule has 8 nitrogen and oxygen atoms in total. The fourth-order valence-electron chi connectivity index (χ4n) is 8.29. The largest absolute Gasteiger partial charge is 0.461 e. The van der Waals surface area contributed by atoms with Crippen molar-refractivity contribution in [1.29, 1.82) is 0 Å². The number of aromatic nitrogens is 2. The number of piperazine rings is 1. The van der Waals surface area contributed by atoms with E-state index in [1.807, 2.05) is 4.90 Å². The van der Waals surface area contributed by atoms with Gasteiger partial charge in [-0.2, -0.15) is 23.1 Å². The van der Waals surface area contributed by atoms with Crippen LogP contribution in [0.3, 0.4) is 0 Å². The van der Waals surface area contributed by atoms with Gasteiger partial charge in [-0.25, -0.2) is 13.6 Å². The van der Waals surface area contributed by atoms with E-state index in [-0.39, 0.29) is 59.5 Å². The van der Waals surface area contributed by atoms with Crippen LogP contribution in [0.15, 0.2) is 11.1 Å². The van der Waals surface area contributed by atoms with Crippen molar-refractivity contribution in [3.05, 3.63) is 28.0 Å². The molecule has 244 valence electrons. The molecule has 1 aromatic heterocycles. The lowest BCUT2D eigenvalue weighted by Crippen LogP contribution is -2.62. The Balaban J connectivity index is 1.36. The highest BCUT2D eigenvalue weighted by Crippen LogP contribution is 2.52. The third kappa shape index (κ3) is 4.96. The maximum Gasteiger partial charge on any atom is 0.418 e. The van der Waals surface area contributed by atoms with Gasteiger partial charge < -0.3 is 14.4 Å². The predicted molar refractivity (Wildman–Crippen MR) is 160 cm³/mol. The first-order valence-electron chi connectivity index (χ1n) is 15.4. The van der Waals surface area contributed by atoms with Crippen LogP contribution in [0.1, 0.15) is 70.4 Å². The monoisotopic (exact) mass is 699 g/mol. The Labute approximate surface area is 266 Å². The highest BCUT2D eigenvalue weighted by molar-refractivity contribution is 9.10. The lowest BCUT2D eigenvalue weighted by Gasteiger charge is -2.47. The van der Waals surface area contributed by atoms with Crippen LogP contribution >= 0.6 is 15.9 Å². The molecule has 4 saturated heterocycles. The number of alkyl halides is 4. The molecule has 5 aliphatic heterocycles. The van der Waals surface area contributed by atoms with E-state index in [4.69, 9.17) is 9.47 Å². The van der Waals surface area contributed by atoms with Crippen LogP contribution in [0.2, 0.25) is 0 Å². The summed E-state index contributed by atoms with van der Waals surface area (Å²) in [5.74, 6) is -1.07. The van der Waals surface area contributed by atoms with Crippen molar-refractivity contribution in [2.45, 2.75) is 101 Å². The van der Waals surface area contributed by atoms with Gasteiger partial charge in [0.15, 0.2) is 5.82 Å². The summed E-state index contributed by atoms with van der Waals surface area (Å²) >= 11 is 2.89. The number of nitrogens with zero attached hydrogens (tertiary/aromatic N) is 5. The molecule has 2 bridgehead atoms. The molecule has 0 saturated carbocycles. The van der Waals surface area contributed by atoms with Gasteiger partial charge in [0.2, 0.25) is 0 Å². The lowest BCUT2D eigenvalue weighted by molar-refractivity contribution is -0.138. The van der Waals surface area contributed by atoms with Crippen LogP contribution in [-0.4, -0.2) is 87.5 Å². The zero-order valence-electron chi connectivity index (χ0n) is 25.3. The van der Waals surface area contributed by atoms with Gasteiger partial charge in [-0.3, -0.25) is 9.80 Å². The number of amides is 1. The van der Waals surface area contributed by atoms with E-state index in [2.05, 4.69) is 37.4 Å². The van der Waals surface area contributed by atoms with Crippen molar-refractivity contribution < 1.29 is 36.2 Å². The number of hydrogen-bond acceptors (Lipinski definition) is 7. The molecule has 45 heavy (non-hydrogen) atoms. The average Bonchev–Trinajstić information content (AvgIpc) is 3.55. The van der Waals surface area contributed by atoms with Gasteiger partial charge in [0, 0.05) is 25.1 Å². The molecule has 1 amide bonds. The fraction of sp³-hybridized carbons (Fsp3) is 0.645. The highest BCUT2D eigenvalue weighted by atomic mass is 79.9. The van der Waals surface area contributed by atoms with Gasteiger partial charge in [-0.15, -0.1) is 0 Å². The van der Waals surface area contributed by atoms with Crippen molar-refractivity contribution >= 4 is 44.3 Å². The van der Waals surface area contributed by atoms with E-state index in [9.17, 15) is 22.4 Å². The molecular weight excluding hydrogens is 665 g/mol. The second-order valence-corrected chi connectivity index (χ2v) is 14.8. The molecular formula is C31H35BrF5N5O3. The van der Waals surface area contributed by atoms with Crippen molar-refractivity contribution in [2.75, 3.05) is 31.1 Å². The summed E-state index contributed by atoms with van der Waals surface area (Å²) in [6, 6.07) is -1.38. The zero-order valence-corrected chi connectivity index (χ0v) is 26.9. The van der Waals surface area contributed by atoms with Gasteiger partial charge in [0.25, 0.3) is 0 Å². The van der Waals surface area contributed by atoms with E-state index in [1.165, 1.54) is 0 Å². The van der Waals surface area contributed by atoms with Crippen LogP contribution in [0.25, 0.3) is 16.5 Å². The highest BCUT2D eigenvalue weighted by Gasteiger charge is 2.53. The Morgan fingerprint density at radius 2 is 1.91 bits per heavy atom.